The van der Waals surface area contributed by atoms with Crippen molar-refractivity contribution in [2.75, 3.05) is 0 Å². The molecule has 0 aliphatic carbocycles. The Morgan fingerprint density at radius 3 is 2.44 bits per heavy atom. The molecule has 0 aliphatic heterocycles. The lowest BCUT2D eigenvalue weighted by molar-refractivity contribution is 0.560. The number of hydrogen-bond donors (Lipinski definition) is 0. The van der Waals surface area contributed by atoms with Crippen molar-refractivity contribution < 1.29 is 0 Å². The molecule has 1 aromatic carbocycles. The molecule has 0 spiro atoms. The van der Waals surface area contributed by atoms with Gasteiger partial charge in [-0.3, -0.25) is 0 Å². The van der Waals surface area contributed by atoms with Crippen molar-refractivity contribution in [1.82, 2.24) is 9.78 Å². The Kier molecular flexibility index (Phi) is 2.58. The first-order chi connectivity index (χ1) is 7.47. The minimum absolute atomic E-state index is 0.106. The first kappa shape index (κ1) is 10.9. The number of nitrogens with zero attached hydrogens (tertiary/aromatic N) is 2. The summed E-state index contributed by atoms with van der Waals surface area (Å²) < 4.78 is 1.94. The van der Waals surface area contributed by atoms with Crippen LogP contribution in [0, 0.1) is 6.92 Å². The van der Waals surface area contributed by atoms with Gasteiger partial charge in [-0.15, -0.1) is 0 Å². The van der Waals surface area contributed by atoms with Gasteiger partial charge in [-0.1, -0.05) is 32.9 Å². The summed E-state index contributed by atoms with van der Waals surface area (Å²) in [7, 11) is 0. The monoisotopic (exact) mass is 214 g/mol. The van der Waals surface area contributed by atoms with E-state index in [2.05, 4.69) is 63.1 Å². The molecule has 0 bridgehead atoms. The van der Waals surface area contributed by atoms with E-state index in [9.17, 15) is 0 Å². The molecule has 2 heteroatoms. The fraction of sp³-hybridized carbons (Fsp3) is 0.357. The maximum atomic E-state index is 4.61. The fourth-order valence-electron chi connectivity index (χ4n) is 1.64. The molecule has 0 amide bonds. The highest BCUT2D eigenvalue weighted by Crippen LogP contribution is 2.21. The molecule has 0 saturated heterocycles. The maximum absolute atomic E-state index is 4.61. The predicted octanol–water partition coefficient (Wildman–Crippen LogP) is 3.48. The fourth-order valence-corrected chi connectivity index (χ4v) is 1.64. The Morgan fingerprint density at radius 2 is 1.88 bits per heavy atom. The van der Waals surface area contributed by atoms with Crippen LogP contribution in [-0.4, -0.2) is 9.78 Å². The van der Waals surface area contributed by atoms with E-state index in [4.69, 9.17) is 0 Å². The van der Waals surface area contributed by atoms with Crippen molar-refractivity contribution in [3.8, 4) is 5.69 Å². The SMILES string of the molecule is Cc1cccc(-n2ccc(C(C)(C)C)n2)c1. The maximum Gasteiger partial charge on any atom is 0.0682 e. The highest BCUT2D eigenvalue weighted by atomic mass is 15.3. The molecule has 0 unspecified atom stereocenters. The number of benzene rings is 1. The lowest BCUT2D eigenvalue weighted by atomic mass is 9.93. The van der Waals surface area contributed by atoms with Gasteiger partial charge in [0.05, 0.1) is 11.4 Å². The summed E-state index contributed by atoms with van der Waals surface area (Å²) >= 11 is 0. The van der Waals surface area contributed by atoms with Crippen LogP contribution >= 0.6 is 0 Å². The average Bonchev–Trinajstić information content (AvgIpc) is 2.65. The van der Waals surface area contributed by atoms with Gasteiger partial charge < -0.3 is 0 Å². The summed E-state index contributed by atoms with van der Waals surface area (Å²) in [6.07, 6.45) is 2.02. The Labute approximate surface area is 96.9 Å². The van der Waals surface area contributed by atoms with E-state index in [1.807, 2.05) is 10.9 Å². The molecule has 16 heavy (non-hydrogen) atoms. The van der Waals surface area contributed by atoms with Crippen molar-refractivity contribution in [1.29, 1.82) is 0 Å². The van der Waals surface area contributed by atoms with E-state index in [0.717, 1.165) is 11.4 Å². The third-order valence-electron chi connectivity index (χ3n) is 2.62. The van der Waals surface area contributed by atoms with Gasteiger partial charge in [0, 0.05) is 11.6 Å². The zero-order chi connectivity index (χ0) is 11.8. The second kappa shape index (κ2) is 3.78. The predicted molar refractivity (Wildman–Crippen MR) is 67.0 cm³/mol. The molecule has 1 heterocycles. The standard InChI is InChI=1S/C14H18N2/c1-11-6-5-7-12(10-11)16-9-8-13(15-16)14(2,3)4/h5-10H,1-4H3. The van der Waals surface area contributed by atoms with Crippen LogP contribution in [-0.2, 0) is 5.41 Å². The summed E-state index contributed by atoms with van der Waals surface area (Å²) in [5.74, 6) is 0. The summed E-state index contributed by atoms with van der Waals surface area (Å²) in [6.45, 7) is 8.62. The molecule has 0 saturated carbocycles. The van der Waals surface area contributed by atoms with E-state index >= 15 is 0 Å². The Morgan fingerprint density at radius 1 is 1.12 bits per heavy atom. The van der Waals surface area contributed by atoms with Crippen LogP contribution in [0.25, 0.3) is 5.69 Å². The van der Waals surface area contributed by atoms with Crippen LogP contribution in [0.15, 0.2) is 36.5 Å². The van der Waals surface area contributed by atoms with E-state index in [-0.39, 0.29) is 5.41 Å². The van der Waals surface area contributed by atoms with Crippen LogP contribution < -0.4 is 0 Å². The quantitative estimate of drug-likeness (QED) is 0.710. The van der Waals surface area contributed by atoms with Gasteiger partial charge in [0.1, 0.15) is 0 Å². The van der Waals surface area contributed by atoms with Gasteiger partial charge in [-0.05, 0) is 30.7 Å². The van der Waals surface area contributed by atoms with E-state index in [0.29, 0.717) is 0 Å². The Bertz CT molecular complexity index is 489. The molecule has 0 radical (unpaired) electrons. The summed E-state index contributed by atoms with van der Waals surface area (Å²) in [6, 6.07) is 10.5. The highest BCUT2D eigenvalue weighted by molar-refractivity contribution is 5.35. The molecular weight excluding hydrogens is 196 g/mol. The van der Waals surface area contributed by atoms with Crippen molar-refractivity contribution in [2.24, 2.45) is 0 Å². The van der Waals surface area contributed by atoms with Crippen molar-refractivity contribution in [3.05, 3.63) is 47.8 Å². The minimum Gasteiger partial charge on any atom is -0.241 e. The second-order valence-electron chi connectivity index (χ2n) is 5.23. The Balaban J connectivity index is 2.39. The summed E-state index contributed by atoms with van der Waals surface area (Å²) in [4.78, 5) is 0. The molecule has 0 fully saturated rings. The van der Waals surface area contributed by atoms with E-state index in [1.54, 1.807) is 0 Å². The number of hydrogen-bond acceptors (Lipinski definition) is 1. The van der Waals surface area contributed by atoms with Gasteiger partial charge in [0.2, 0.25) is 0 Å². The largest absolute Gasteiger partial charge is 0.241 e. The first-order valence-corrected chi connectivity index (χ1v) is 5.60. The van der Waals surface area contributed by atoms with Gasteiger partial charge in [0.25, 0.3) is 0 Å². The number of aryl methyl sites for hydroxylation is 1. The minimum atomic E-state index is 0.106. The Hall–Kier alpha value is -1.57. The van der Waals surface area contributed by atoms with Crippen LogP contribution in [0.2, 0.25) is 0 Å². The zero-order valence-electron chi connectivity index (χ0n) is 10.4. The van der Waals surface area contributed by atoms with Crippen LogP contribution in [0.5, 0.6) is 0 Å². The van der Waals surface area contributed by atoms with Crippen molar-refractivity contribution in [3.63, 3.8) is 0 Å². The van der Waals surface area contributed by atoms with Gasteiger partial charge in [-0.25, -0.2) is 4.68 Å². The summed E-state index contributed by atoms with van der Waals surface area (Å²) in [5.41, 5.74) is 3.60. The normalized spacial score (nSPS) is 11.8. The summed E-state index contributed by atoms with van der Waals surface area (Å²) in [5, 5.41) is 4.61. The number of rotatable bonds is 1. The highest BCUT2D eigenvalue weighted by Gasteiger charge is 2.16. The molecule has 2 aromatic rings. The molecular formula is C14H18N2. The van der Waals surface area contributed by atoms with Gasteiger partial charge in [-0.2, -0.15) is 5.10 Å². The molecule has 2 rings (SSSR count). The second-order valence-corrected chi connectivity index (χ2v) is 5.23. The molecule has 0 N–H and O–H groups in total. The molecule has 1 aromatic heterocycles. The van der Waals surface area contributed by atoms with Gasteiger partial charge in [0.15, 0.2) is 0 Å². The van der Waals surface area contributed by atoms with Crippen LogP contribution in [0.1, 0.15) is 32.0 Å². The lowest BCUT2D eigenvalue weighted by Gasteiger charge is -2.14. The topological polar surface area (TPSA) is 17.8 Å². The molecule has 0 atom stereocenters. The first-order valence-electron chi connectivity index (χ1n) is 5.60. The zero-order valence-corrected chi connectivity index (χ0v) is 10.4. The van der Waals surface area contributed by atoms with Crippen molar-refractivity contribution in [2.45, 2.75) is 33.1 Å². The third-order valence-corrected chi connectivity index (χ3v) is 2.62. The van der Waals surface area contributed by atoms with E-state index in [1.165, 1.54) is 5.56 Å². The molecule has 2 nitrogen and oxygen atoms in total. The van der Waals surface area contributed by atoms with Crippen molar-refractivity contribution >= 4 is 0 Å². The third kappa shape index (κ3) is 2.16. The average molecular weight is 214 g/mol. The van der Waals surface area contributed by atoms with Gasteiger partial charge >= 0.3 is 0 Å². The lowest BCUT2D eigenvalue weighted by Crippen LogP contribution is -2.12. The van der Waals surface area contributed by atoms with Crippen LogP contribution in [0.3, 0.4) is 0 Å². The number of aromatic nitrogens is 2. The molecule has 84 valence electrons. The molecule has 0 aliphatic rings. The van der Waals surface area contributed by atoms with Crippen LogP contribution in [0.4, 0.5) is 0 Å². The van der Waals surface area contributed by atoms with E-state index < -0.39 is 0 Å². The smallest absolute Gasteiger partial charge is 0.0682 e.